The van der Waals surface area contributed by atoms with Gasteiger partial charge in [-0.2, -0.15) is 5.26 Å². The molecule has 136 valence electrons. The van der Waals surface area contributed by atoms with E-state index in [9.17, 15) is 10.1 Å². The van der Waals surface area contributed by atoms with E-state index < -0.39 is 0 Å². The van der Waals surface area contributed by atoms with Crippen molar-refractivity contribution in [1.82, 2.24) is 9.88 Å². The number of nitriles is 1. The molecule has 2 heterocycles. The zero-order chi connectivity index (χ0) is 18.7. The topological polar surface area (TPSA) is 69.1 Å². The van der Waals surface area contributed by atoms with Crippen LogP contribution in [0.2, 0.25) is 0 Å². The molecule has 0 aliphatic carbocycles. The highest BCUT2D eigenvalue weighted by atomic mass is 16.5. The molecule has 1 aromatic carbocycles. The van der Waals surface area contributed by atoms with Gasteiger partial charge in [0, 0.05) is 29.7 Å². The average molecular weight is 351 g/mol. The number of nitrogens with zero attached hydrogens (tertiary/aromatic N) is 2. The predicted molar refractivity (Wildman–Crippen MR) is 102 cm³/mol. The van der Waals surface area contributed by atoms with Crippen molar-refractivity contribution in [3.8, 4) is 6.07 Å². The molecule has 5 heteroatoms. The number of rotatable bonds is 2. The lowest BCUT2D eigenvalue weighted by Gasteiger charge is -2.23. The Kier molecular flexibility index (Phi) is 5.43. The van der Waals surface area contributed by atoms with Crippen LogP contribution in [0, 0.1) is 11.3 Å². The molecule has 0 spiro atoms. The second-order valence-electron chi connectivity index (χ2n) is 6.93. The Bertz CT molecular complexity index is 889. The van der Waals surface area contributed by atoms with E-state index in [1.807, 2.05) is 12.1 Å². The molecule has 1 aliphatic rings. The predicted octanol–water partition coefficient (Wildman–Crippen LogP) is 3.86. The number of hydrogen-bond acceptors (Lipinski definition) is 4. The van der Waals surface area contributed by atoms with Crippen LogP contribution in [0.4, 0.5) is 0 Å². The number of ether oxygens (including phenoxy) is 1. The highest BCUT2D eigenvalue weighted by Crippen LogP contribution is 2.33. The lowest BCUT2D eigenvalue weighted by atomic mass is 9.93. The van der Waals surface area contributed by atoms with Crippen LogP contribution in [0.5, 0.6) is 0 Å². The SMILES string of the molecule is CC/C1=C/CCC(C(=O)OC)c2[nH]c3ccc(C#N)cc3c2CN(C)C1. The number of H-pyrrole nitrogens is 1. The molecule has 0 fully saturated rings. The molecule has 1 unspecified atom stereocenters. The maximum absolute atomic E-state index is 12.5. The van der Waals surface area contributed by atoms with Gasteiger partial charge in [-0.1, -0.05) is 18.6 Å². The Morgan fingerprint density at radius 2 is 2.23 bits per heavy atom. The number of hydrogen-bond donors (Lipinski definition) is 1. The molecule has 1 aliphatic heterocycles. The molecule has 0 saturated heterocycles. The quantitative estimate of drug-likeness (QED) is 0.659. The van der Waals surface area contributed by atoms with E-state index in [4.69, 9.17) is 4.74 Å². The van der Waals surface area contributed by atoms with Crippen molar-refractivity contribution in [2.24, 2.45) is 0 Å². The van der Waals surface area contributed by atoms with Crippen LogP contribution in [0.25, 0.3) is 10.9 Å². The van der Waals surface area contributed by atoms with Crippen LogP contribution in [0.1, 0.15) is 48.9 Å². The molecular weight excluding hydrogens is 326 g/mol. The Labute approximate surface area is 154 Å². The van der Waals surface area contributed by atoms with Crippen LogP contribution >= 0.6 is 0 Å². The number of fused-ring (bicyclic) bond motifs is 3. The summed E-state index contributed by atoms with van der Waals surface area (Å²) in [6.07, 6.45) is 4.82. The van der Waals surface area contributed by atoms with Gasteiger partial charge in [-0.15, -0.1) is 0 Å². The van der Waals surface area contributed by atoms with Gasteiger partial charge in [0.15, 0.2) is 0 Å². The van der Waals surface area contributed by atoms with Gasteiger partial charge in [-0.3, -0.25) is 9.69 Å². The summed E-state index contributed by atoms with van der Waals surface area (Å²) in [7, 11) is 3.53. The summed E-state index contributed by atoms with van der Waals surface area (Å²) in [4.78, 5) is 18.2. The van der Waals surface area contributed by atoms with Crippen molar-refractivity contribution in [3.05, 3.63) is 46.7 Å². The van der Waals surface area contributed by atoms with E-state index in [-0.39, 0.29) is 11.9 Å². The number of methoxy groups -OCH3 is 1. The zero-order valence-corrected chi connectivity index (χ0v) is 15.6. The normalized spacial score (nSPS) is 20.7. The van der Waals surface area contributed by atoms with Gasteiger partial charge in [0.05, 0.1) is 24.7 Å². The first kappa shape index (κ1) is 18.2. The molecule has 0 saturated carbocycles. The largest absolute Gasteiger partial charge is 0.469 e. The first-order chi connectivity index (χ1) is 12.6. The van der Waals surface area contributed by atoms with E-state index >= 15 is 0 Å². The van der Waals surface area contributed by atoms with Gasteiger partial charge in [0.1, 0.15) is 0 Å². The first-order valence-electron chi connectivity index (χ1n) is 9.06. The lowest BCUT2D eigenvalue weighted by molar-refractivity contribution is -0.142. The number of aromatic nitrogens is 1. The molecule has 0 bridgehead atoms. The Morgan fingerprint density at radius 1 is 1.42 bits per heavy atom. The summed E-state index contributed by atoms with van der Waals surface area (Å²) in [5.74, 6) is -0.540. The molecule has 0 radical (unpaired) electrons. The van der Waals surface area contributed by atoms with Crippen molar-refractivity contribution < 1.29 is 9.53 Å². The molecule has 26 heavy (non-hydrogen) atoms. The van der Waals surface area contributed by atoms with E-state index in [1.165, 1.54) is 12.7 Å². The average Bonchev–Trinajstić information content (AvgIpc) is 3.00. The third kappa shape index (κ3) is 3.51. The van der Waals surface area contributed by atoms with E-state index in [2.05, 4.69) is 36.0 Å². The minimum Gasteiger partial charge on any atom is -0.469 e. The minimum atomic E-state index is -0.325. The number of carbonyl (C=O) groups excluding carboxylic acids is 1. The summed E-state index contributed by atoms with van der Waals surface area (Å²) >= 11 is 0. The number of carbonyl (C=O) groups is 1. The molecule has 5 nitrogen and oxygen atoms in total. The monoisotopic (exact) mass is 351 g/mol. The fraction of sp³-hybridized carbons (Fsp3) is 0.429. The first-order valence-corrected chi connectivity index (χ1v) is 9.06. The number of esters is 1. The van der Waals surface area contributed by atoms with Crippen LogP contribution < -0.4 is 0 Å². The summed E-state index contributed by atoms with van der Waals surface area (Å²) in [6.45, 7) is 3.79. The van der Waals surface area contributed by atoms with E-state index in [0.717, 1.165) is 48.1 Å². The van der Waals surface area contributed by atoms with Crippen molar-refractivity contribution in [3.63, 3.8) is 0 Å². The van der Waals surface area contributed by atoms with E-state index in [1.54, 1.807) is 6.07 Å². The van der Waals surface area contributed by atoms with Crippen LogP contribution in [0.3, 0.4) is 0 Å². The van der Waals surface area contributed by atoms with Crippen molar-refractivity contribution >= 4 is 16.9 Å². The van der Waals surface area contributed by atoms with Crippen molar-refractivity contribution in [2.45, 2.75) is 38.6 Å². The Hall–Kier alpha value is -2.58. The zero-order valence-electron chi connectivity index (χ0n) is 15.6. The van der Waals surface area contributed by atoms with Crippen LogP contribution in [-0.2, 0) is 16.1 Å². The molecule has 2 aromatic rings. The molecule has 0 amide bonds. The number of allylic oxidation sites excluding steroid dienone is 1. The maximum Gasteiger partial charge on any atom is 0.314 e. The lowest BCUT2D eigenvalue weighted by Crippen LogP contribution is -2.24. The summed E-state index contributed by atoms with van der Waals surface area (Å²) in [6, 6.07) is 7.85. The molecular formula is C21H25N3O2. The third-order valence-electron chi connectivity index (χ3n) is 5.15. The van der Waals surface area contributed by atoms with Gasteiger partial charge >= 0.3 is 5.97 Å². The van der Waals surface area contributed by atoms with Gasteiger partial charge in [-0.25, -0.2) is 0 Å². The number of nitrogens with one attached hydrogen (secondary N) is 1. The second-order valence-corrected chi connectivity index (χ2v) is 6.93. The fourth-order valence-electron chi connectivity index (χ4n) is 3.78. The van der Waals surface area contributed by atoms with Gasteiger partial charge < -0.3 is 9.72 Å². The summed E-state index contributed by atoms with van der Waals surface area (Å²) in [5, 5.41) is 10.3. The molecule has 1 atom stereocenters. The van der Waals surface area contributed by atoms with E-state index in [0.29, 0.717) is 12.0 Å². The Balaban J connectivity index is 2.16. The van der Waals surface area contributed by atoms with Gasteiger partial charge in [0.25, 0.3) is 0 Å². The van der Waals surface area contributed by atoms with Gasteiger partial charge in [-0.05, 0) is 50.1 Å². The smallest absolute Gasteiger partial charge is 0.314 e. The van der Waals surface area contributed by atoms with Gasteiger partial charge in [0.2, 0.25) is 0 Å². The molecule has 1 aromatic heterocycles. The van der Waals surface area contributed by atoms with Crippen LogP contribution in [0.15, 0.2) is 29.8 Å². The van der Waals surface area contributed by atoms with Crippen LogP contribution in [-0.4, -0.2) is 36.6 Å². The maximum atomic E-state index is 12.5. The fourth-order valence-corrected chi connectivity index (χ4v) is 3.78. The highest BCUT2D eigenvalue weighted by Gasteiger charge is 2.28. The third-order valence-corrected chi connectivity index (χ3v) is 5.15. The van der Waals surface area contributed by atoms with Crippen molar-refractivity contribution in [2.75, 3.05) is 20.7 Å². The molecule has 1 N–H and O–H groups in total. The number of aromatic amines is 1. The number of benzene rings is 1. The Morgan fingerprint density at radius 3 is 2.92 bits per heavy atom. The minimum absolute atomic E-state index is 0.215. The highest BCUT2D eigenvalue weighted by molar-refractivity contribution is 5.89. The second kappa shape index (κ2) is 7.76. The summed E-state index contributed by atoms with van der Waals surface area (Å²) in [5.41, 5.74) is 4.98. The summed E-state index contributed by atoms with van der Waals surface area (Å²) < 4.78 is 5.09. The van der Waals surface area contributed by atoms with Crippen molar-refractivity contribution in [1.29, 1.82) is 5.26 Å². The standard InChI is InChI=1S/C21H25N3O2/c1-4-14-6-5-7-16(21(25)26-3)20-18(13-24(2)12-14)17-10-15(11-22)8-9-19(17)23-20/h6,8-10,16,23H,4-5,7,12-13H2,1-3H3/b14-6-. The number of likely N-dealkylation sites (N-methyl/N-ethyl adjacent to an activating group) is 1. The molecule has 3 rings (SSSR count).